The number of thioether (sulfide) groups is 1. The quantitative estimate of drug-likeness (QED) is 0.824. The summed E-state index contributed by atoms with van der Waals surface area (Å²) in [4.78, 5) is 15.4. The van der Waals surface area contributed by atoms with Gasteiger partial charge in [0.1, 0.15) is 10.9 Å². The molecule has 0 aliphatic carbocycles. The first-order valence-electron chi connectivity index (χ1n) is 7.44. The van der Waals surface area contributed by atoms with E-state index in [0.29, 0.717) is 11.7 Å². The average Bonchev–Trinajstić information content (AvgIpc) is 2.60. The van der Waals surface area contributed by atoms with Gasteiger partial charge in [-0.05, 0) is 29.8 Å². The Balaban J connectivity index is 1.72. The van der Waals surface area contributed by atoms with Gasteiger partial charge in [-0.3, -0.25) is 4.79 Å². The number of methoxy groups -OCH3 is 1. The molecule has 0 spiro atoms. The van der Waals surface area contributed by atoms with Gasteiger partial charge in [0.25, 0.3) is 5.91 Å². The highest BCUT2D eigenvalue weighted by molar-refractivity contribution is 8.00. The Bertz CT molecular complexity index is 734. The number of carbonyl (C=O) groups excluding carboxylic acids is 1. The SMILES string of the molecule is COc1ccc(CN2C=C(Cl)NC(Sc3ccccc3)C2=O)cc1. The van der Waals surface area contributed by atoms with Gasteiger partial charge in [0, 0.05) is 11.1 Å². The Morgan fingerprint density at radius 1 is 1.17 bits per heavy atom. The zero-order chi connectivity index (χ0) is 16.9. The minimum absolute atomic E-state index is 0.0240. The molecule has 0 radical (unpaired) electrons. The summed E-state index contributed by atoms with van der Waals surface area (Å²) in [6, 6.07) is 17.4. The van der Waals surface area contributed by atoms with Crippen LogP contribution in [0.4, 0.5) is 0 Å². The van der Waals surface area contributed by atoms with Gasteiger partial charge in [-0.2, -0.15) is 0 Å². The molecule has 0 fully saturated rings. The minimum Gasteiger partial charge on any atom is -0.497 e. The van der Waals surface area contributed by atoms with Crippen molar-refractivity contribution in [2.75, 3.05) is 7.11 Å². The fourth-order valence-corrected chi connectivity index (χ4v) is 3.64. The first-order valence-corrected chi connectivity index (χ1v) is 8.70. The Hall–Kier alpha value is -2.11. The second-order valence-electron chi connectivity index (χ2n) is 5.25. The number of amides is 1. The number of hydrogen-bond donors (Lipinski definition) is 1. The van der Waals surface area contributed by atoms with Crippen LogP contribution in [0.2, 0.25) is 0 Å². The van der Waals surface area contributed by atoms with Crippen LogP contribution in [0, 0.1) is 0 Å². The van der Waals surface area contributed by atoms with Gasteiger partial charge in [0.15, 0.2) is 5.37 Å². The number of nitrogens with one attached hydrogen (secondary N) is 1. The van der Waals surface area contributed by atoms with Gasteiger partial charge in [-0.15, -0.1) is 0 Å². The van der Waals surface area contributed by atoms with Crippen LogP contribution in [0.25, 0.3) is 0 Å². The maximum Gasteiger partial charge on any atom is 0.260 e. The molecule has 1 N–H and O–H groups in total. The van der Waals surface area contributed by atoms with Crippen LogP contribution in [0.5, 0.6) is 5.75 Å². The van der Waals surface area contributed by atoms with E-state index >= 15 is 0 Å². The van der Waals surface area contributed by atoms with Gasteiger partial charge < -0.3 is 15.0 Å². The van der Waals surface area contributed by atoms with Gasteiger partial charge in [-0.25, -0.2) is 0 Å². The zero-order valence-corrected chi connectivity index (χ0v) is 14.7. The summed E-state index contributed by atoms with van der Waals surface area (Å²) in [6.07, 6.45) is 1.64. The second-order valence-corrected chi connectivity index (χ2v) is 6.83. The third kappa shape index (κ3) is 4.04. The van der Waals surface area contributed by atoms with E-state index in [1.807, 2.05) is 54.6 Å². The van der Waals surface area contributed by atoms with Crippen LogP contribution < -0.4 is 10.1 Å². The van der Waals surface area contributed by atoms with Gasteiger partial charge in [0.05, 0.1) is 13.7 Å². The first kappa shape index (κ1) is 16.7. The summed E-state index contributed by atoms with van der Waals surface area (Å²) in [7, 11) is 1.63. The molecule has 24 heavy (non-hydrogen) atoms. The molecule has 3 rings (SSSR count). The molecular formula is C18H17ClN2O2S. The number of carbonyl (C=O) groups is 1. The summed E-state index contributed by atoms with van der Waals surface area (Å²) in [5, 5.41) is 3.04. The molecule has 1 unspecified atom stereocenters. The van der Waals surface area contributed by atoms with Crippen LogP contribution in [0.3, 0.4) is 0 Å². The summed E-state index contributed by atoms with van der Waals surface area (Å²) in [5.74, 6) is 0.764. The van der Waals surface area contributed by atoms with Gasteiger partial charge in [0.2, 0.25) is 0 Å². The van der Waals surface area contributed by atoms with E-state index in [-0.39, 0.29) is 5.91 Å². The molecule has 4 nitrogen and oxygen atoms in total. The molecule has 124 valence electrons. The molecule has 1 heterocycles. The molecule has 0 bridgehead atoms. The fourth-order valence-electron chi connectivity index (χ4n) is 2.34. The number of rotatable bonds is 5. The van der Waals surface area contributed by atoms with Crippen LogP contribution in [0.15, 0.2) is 70.8 Å². The molecular weight excluding hydrogens is 344 g/mol. The molecule has 0 saturated heterocycles. The average molecular weight is 361 g/mol. The van der Waals surface area contributed by atoms with Crippen molar-refractivity contribution < 1.29 is 9.53 Å². The summed E-state index contributed by atoms with van der Waals surface area (Å²) < 4.78 is 5.15. The van der Waals surface area contributed by atoms with Crippen LogP contribution >= 0.6 is 23.4 Å². The van der Waals surface area contributed by atoms with Crippen molar-refractivity contribution in [1.29, 1.82) is 0 Å². The maximum atomic E-state index is 12.7. The molecule has 1 aliphatic rings. The van der Waals surface area contributed by atoms with Gasteiger partial charge >= 0.3 is 0 Å². The van der Waals surface area contributed by atoms with E-state index in [2.05, 4.69) is 5.32 Å². The minimum atomic E-state index is -0.442. The highest BCUT2D eigenvalue weighted by Crippen LogP contribution is 2.27. The van der Waals surface area contributed by atoms with Crippen molar-refractivity contribution in [3.8, 4) is 5.75 Å². The van der Waals surface area contributed by atoms with Crippen molar-refractivity contribution in [3.05, 3.63) is 71.5 Å². The lowest BCUT2D eigenvalue weighted by Gasteiger charge is -2.30. The topological polar surface area (TPSA) is 41.6 Å². The van der Waals surface area contributed by atoms with Crippen molar-refractivity contribution in [2.24, 2.45) is 0 Å². The molecule has 6 heteroatoms. The summed E-state index contributed by atoms with van der Waals surface area (Å²) in [5.41, 5.74) is 1.01. The third-order valence-electron chi connectivity index (χ3n) is 3.55. The predicted octanol–water partition coefficient (Wildman–Crippen LogP) is 3.78. The molecule has 2 aromatic rings. The Kier molecular flexibility index (Phi) is 5.33. The molecule has 1 amide bonds. The number of ether oxygens (including phenoxy) is 1. The lowest BCUT2D eigenvalue weighted by atomic mass is 10.2. The second kappa shape index (κ2) is 7.64. The number of nitrogens with zero attached hydrogens (tertiary/aromatic N) is 1. The predicted molar refractivity (Wildman–Crippen MR) is 96.7 cm³/mol. The molecule has 1 aliphatic heterocycles. The Morgan fingerprint density at radius 3 is 2.54 bits per heavy atom. The summed E-state index contributed by atoms with van der Waals surface area (Å²) in [6.45, 7) is 0.465. The standard InChI is InChI=1S/C18H17ClN2O2S/c1-23-14-9-7-13(8-10-14)11-21-12-16(19)20-17(18(21)22)24-15-5-3-2-4-6-15/h2-10,12,17,20H,11H2,1H3. The monoisotopic (exact) mass is 360 g/mol. The van der Waals surface area contributed by atoms with Gasteiger partial charge in [-0.1, -0.05) is 53.7 Å². The van der Waals surface area contributed by atoms with E-state index in [1.165, 1.54) is 11.8 Å². The molecule has 0 aromatic heterocycles. The van der Waals surface area contributed by atoms with Crippen molar-refractivity contribution in [2.45, 2.75) is 16.8 Å². The highest BCUT2D eigenvalue weighted by atomic mass is 35.5. The number of benzene rings is 2. The Morgan fingerprint density at radius 2 is 1.88 bits per heavy atom. The lowest BCUT2D eigenvalue weighted by molar-refractivity contribution is -0.129. The summed E-state index contributed by atoms with van der Waals surface area (Å²) >= 11 is 7.62. The Labute approximate surface area is 150 Å². The largest absolute Gasteiger partial charge is 0.497 e. The maximum absolute atomic E-state index is 12.7. The number of halogens is 1. The van der Waals surface area contributed by atoms with Crippen LogP contribution in [-0.4, -0.2) is 23.3 Å². The smallest absolute Gasteiger partial charge is 0.260 e. The van der Waals surface area contributed by atoms with Crippen molar-refractivity contribution in [1.82, 2.24) is 10.2 Å². The van der Waals surface area contributed by atoms with Crippen LogP contribution in [0.1, 0.15) is 5.56 Å². The number of hydrogen-bond acceptors (Lipinski definition) is 4. The van der Waals surface area contributed by atoms with Crippen molar-refractivity contribution >= 4 is 29.3 Å². The van der Waals surface area contributed by atoms with E-state index < -0.39 is 5.37 Å². The molecule has 2 aromatic carbocycles. The highest BCUT2D eigenvalue weighted by Gasteiger charge is 2.29. The van der Waals surface area contributed by atoms with E-state index in [1.54, 1.807) is 18.2 Å². The lowest BCUT2D eigenvalue weighted by Crippen LogP contribution is -2.45. The fraction of sp³-hybridized carbons (Fsp3) is 0.167. The molecule has 0 saturated carbocycles. The van der Waals surface area contributed by atoms with Crippen LogP contribution in [-0.2, 0) is 11.3 Å². The van der Waals surface area contributed by atoms with E-state index in [0.717, 1.165) is 16.2 Å². The first-order chi connectivity index (χ1) is 11.7. The zero-order valence-electron chi connectivity index (χ0n) is 13.1. The van der Waals surface area contributed by atoms with E-state index in [4.69, 9.17) is 16.3 Å². The molecule has 1 atom stereocenters. The normalized spacial score (nSPS) is 17.2. The van der Waals surface area contributed by atoms with Crippen molar-refractivity contribution in [3.63, 3.8) is 0 Å². The third-order valence-corrected chi connectivity index (χ3v) is 4.86. The van der Waals surface area contributed by atoms with E-state index in [9.17, 15) is 4.79 Å².